The van der Waals surface area contributed by atoms with Gasteiger partial charge in [0.2, 0.25) is 0 Å². The second-order valence-electron chi connectivity index (χ2n) is 6.93. The van der Waals surface area contributed by atoms with Gasteiger partial charge in [0, 0.05) is 0 Å². The minimum Gasteiger partial charge on any atom is -0.497 e. The predicted octanol–water partition coefficient (Wildman–Crippen LogP) is 4.10. The van der Waals surface area contributed by atoms with Crippen molar-refractivity contribution in [2.45, 2.75) is 19.9 Å². The maximum Gasteiger partial charge on any atom is 0.326 e. The Morgan fingerprint density at radius 2 is 1.87 bits per heavy atom. The molecule has 1 heterocycles. The molecule has 0 N–H and O–H groups in total. The highest BCUT2D eigenvalue weighted by molar-refractivity contribution is 7.16. The van der Waals surface area contributed by atoms with Gasteiger partial charge in [-0.05, 0) is 41.5 Å². The monoisotopic (exact) mass is 434 g/mol. The van der Waals surface area contributed by atoms with Gasteiger partial charge in [-0.2, -0.15) is 4.99 Å². The summed E-state index contributed by atoms with van der Waals surface area (Å²) in [6.45, 7) is 2.04. The number of rotatable bonds is 6. The van der Waals surface area contributed by atoms with E-state index in [1.54, 1.807) is 18.6 Å². The van der Waals surface area contributed by atoms with Crippen LogP contribution >= 0.6 is 11.3 Å². The van der Waals surface area contributed by atoms with Gasteiger partial charge in [-0.1, -0.05) is 53.8 Å². The maximum absolute atomic E-state index is 12.9. The Hall–Kier alpha value is -3.45. The summed E-state index contributed by atoms with van der Waals surface area (Å²) in [5, 5.41) is 2.12. The summed E-state index contributed by atoms with van der Waals surface area (Å²) in [7, 11) is 1.60. The fourth-order valence-electron chi connectivity index (χ4n) is 3.51. The molecule has 0 atom stereocenters. The van der Waals surface area contributed by atoms with Crippen LogP contribution in [-0.2, 0) is 27.3 Å². The molecule has 0 bridgehead atoms. The number of carbonyl (C=O) groups is 2. The minimum absolute atomic E-state index is 0.0133. The lowest BCUT2D eigenvalue weighted by Gasteiger charge is -2.06. The number of ether oxygens (including phenoxy) is 2. The highest BCUT2D eigenvalue weighted by Crippen LogP contribution is 2.23. The Morgan fingerprint density at radius 1 is 1.06 bits per heavy atom. The number of nitrogens with zero attached hydrogens (tertiary/aromatic N) is 2. The second kappa shape index (κ2) is 9.14. The number of aromatic nitrogens is 1. The van der Waals surface area contributed by atoms with E-state index in [9.17, 15) is 9.59 Å². The maximum atomic E-state index is 12.9. The van der Waals surface area contributed by atoms with Crippen molar-refractivity contribution in [2.24, 2.45) is 4.99 Å². The predicted molar refractivity (Wildman–Crippen MR) is 121 cm³/mol. The van der Waals surface area contributed by atoms with Gasteiger partial charge in [0.15, 0.2) is 4.80 Å². The summed E-state index contributed by atoms with van der Waals surface area (Å²) < 4.78 is 13.0. The lowest BCUT2D eigenvalue weighted by atomic mass is 10.0. The van der Waals surface area contributed by atoms with Crippen LogP contribution in [0, 0.1) is 0 Å². The number of esters is 1. The van der Waals surface area contributed by atoms with Crippen molar-refractivity contribution >= 4 is 44.2 Å². The third-order valence-electron chi connectivity index (χ3n) is 4.92. The van der Waals surface area contributed by atoms with Crippen molar-refractivity contribution < 1.29 is 19.1 Å². The molecule has 0 radical (unpaired) electrons. The molecule has 0 spiro atoms. The van der Waals surface area contributed by atoms with Crippen LogP contribution in [0.3, 0.4) is 0 Å². The number of hydrogen-bond donors (Lipinski definition) is 0. The van der Waals surface area contributed by atoms with Crippen LogP contribution in [0.5, 0.6) is 5.75 Å². The van der Waals surface area contributed by atoms with Crippen LogP contribution in [0.4, 0.5) is 0 Å². The summed E-state index contributed by atoms with van der Waals surface area (Å²) in [6.07, 6.45) is 0.179. The van der Waals surface area contributed by atoms with Gasteiger partial charge in [-0.15, -0.1) is 0 Å². The standard InChI is InChI=1S/C24H22N2O4S/c1-3-30-23(28)15-26-20-12-11-18(29-2)14-21(20)31-24(26)25-22(27)13-17-9-6-8-16-7-4-5-10-19(16)17/h4-12,14H,3,13,15H2,1-2H3. The second-order valence-corrected chi connectivity index (χ2v) is 7.94. The van der Waals surface area contributed by atoms with Gasteiger partial charge in [0.25, 0.3) is 5.91 Å². The Bertz CT molecular complexity index is 1330. The first-order chi connectivity index (χ1) is 15.1. The molecule has 0 aliphatic carbocycles. The van der Waals surface area contributed by atoms with E-state index >= 15 is 0 Å². The van der Waals surface area contributed by atoms with E-state index in [0.29, 0.717) is 17.2 Å². The first-order valence-electron chi connectivity index (χ1n) is 9.96. The Balaban J connectivity index is 1.74. The average molecular weight is 435 g/mol. The van der Waals surface area contributed by atoms with Gasteiger partial charge in [0.05, 0.1) is 30.4 Å². The molecule has 4 aromatic rings. The molecule has 0 fully saturated rings. The van der Waals surface area contributed by atoms with E-state index < -0.39 is 0 Å². The van der Waals surface area contributed by atoms with Gasteiger partial charge < -0.3 is 14.0 Å². The van der Waals surface area contributed by atoms with Gasteiger partial charge in [0.1, 0.15) is 12.3 Å². The fraction of sp³-hybridized carbons (Fsp3) is 0.208. The summed E-state index contributed by atoms with van der Waals surface area (Å²) in [4.78, 5) is 29.9. The number of hydrogen-bond acceptors (Lipinski definition) is 5. The van der Waals surface area contributed by atoms with E-state index in [2.05, 4.69) is 4.99 Å². The molecule has 7 heteroatoms. The van der Waals surface area contributed by atoms with E-state index in [1.807, 2.05) is 60.7 Å². The molecule has 0 unspecified atom stereocenters. The van der Waals surface area contributed by atoms with E-state index in [0.717, 1.165) is 26.6 Å². The summed E-state index contributed by atoms with van der Waals surface area (Å²) in [5.74, 6) is 0.0547. The Labute approximate surface area is 183 Å². The number of carbonyl (C=O) groups excluding carboxylic acids is 2. The lowest BCUT2D eigenvalue weighted by molar-refractivity contribution is -0.143. The van der Waals surface area contributed by atoms with Crippen molar-refractivity contribution in [1.82, 2.24) is 4.57 Å². The highest BCUT2D eigenvalue weighted by Gasteiger charge is 2.14. The molecule has 31 heavy (non-hydrogen) atoms. The molecule has 0 saturated carbocycles. The number of methoxy groups -OCH3 is 1. The van der Waals surface area contributed by atoms with Crippen LogP contribution in [0.1, 0.15) is 12.5 Å². The zero-order valence-corrected chi connectivity index (χ0v) is 18.1. The lowest BCUT2D eigenvalue weighted by Crippen LogP contribution is -2.23. The largest absolute Gasteiger partial charge is 0.497 e. The number of fused-ring (bicyclic) bond motifs is 2. The zero-order valence-electron chi connectivity index (χ0n) is 17.3. The molecule has 3 aromatic carbocycles. The zero-order chi connectivity index (χ0) is 21.8. The van der Waals surface area contributed by atoms with Crippen molar-refractivity contribution in [3.05, 3.63) is 71.0 Å². The van der Waals surface area contributed by atoms with Crippen LogP contribution in [0.25, 0.3) is 21.0 Å². The summed E-state index contributed by atoms with van der Waals surface area (Å²) >= 11 is 1.34. The number of thiazole rings is 1. The molecule has 6 nitrogen and oxygen atoms in total. The van der Waals surface area contributed by atoms with Gasteiger partial charge in [-0.25, -0.2) is 0 Å². The Kier molecular flexibility index (Phi) is 6.13. The number of benzene rings is 3. The van der Waals surface area contributed by atoms with Crippen LogP contribution in [0.15, 0.2) is 65.7 Å². The molecular formula is C24H22N2O4S. The van der Waals surface area contributed by atoms with E-state index in [4.69, 9.17) is 9.47 Å². The quantitative estimate of drug-likeness (QED) is 0.429. The van der Waals surface area contributed by atoms with E-state index in [-0.39, 0.29) is 24.8 Å². The van der Waals surface area contributed by atoms with Crippen molar-refractivity contribution in [2.75, 3.05) is 13.7 Å². The average Bonchev–Trinajstić information content (AvgIpc) is 3.10. The Morgan fingerprint density at radius 3 is 2.68 bits per heavy atom. The smallest absolute Gasteiger partial charge is 0.326 e. The third-order valence-corrected chi connectivity index (χ3v) is 5.97. The molecule has 0 saturated heterocycles. The molecular weight excluding hydrogens is 412 g/mol. The van der Waals surface area contributed by atoms with Crippen molar-refractivity contribution in [3.63, 3.8) is 0 Å². The van der Waals surface area contributed by atoms with Crippen LogP contribution < -0.4 is 9.54 Å². The first kappa shape index (κ1) is 20.8. The molecule has 1 aromatic heterocycles. The molecule has 0 aliphatic heterocycles. The number of amides is 1. The van der Waals surface area contributed by atoms with E-state index in [1.165, 1.54) is 11.3 Å². The van der Waals surface area contributed by atoms with Gasteiger partial charge >= 0.3 is 5.97 Å². The molecule has 0 aliphatic rings. The van der Waals surface area contributed by atoms with Gasteiger partial charge in [-0.3, -0.25) is 9.59 Å². The third kappa shape index (κ3) is 4.51. The summed E-state index contributed by atoms with van der Waals surface area (Å²) in [5.41, 5.74) is 1.72. The van der Waals surface area contributed by atoms with Crippen LogP contribution in [-0.4, -0.2) is 30.2 Å². The minimum atomic E-state index is -0.374. The molecule has 158 valence electrons. The SMILES string of the molecule is CCOC(=O)Cn1c(=NC(=O)Cc2cccc3ccccc23)sc2cc(OC)ccc21. The van der Waals surface area contributed by atoms with Crippen molar-refractivity contribution in [3.8, 4) is 5.75 Å². The summed E-state index contributed by atoms with van der Waals surface area (Å²) in [6, 6.07) is 19.4. The van der Waals surface area contributed by atoms with Crippen molar-refractivity contribution in [1.29, 1.82) is 0 Å². The first-order valence-corrected chi connectivity index (χ1v) is 10.8. The normalized spacial score (nSPS) is 11.7. The van der Waals surface area contributed by atoms with Crippen LogP contribution in [0.2, 0.25) is 0 Å². The highest BCUT2D eigenvalue weighted by atomic mass is 32.1. The topological polar surface area (TPSA) is 69.9 Å². The molecule has 1 amide bonds. The fourth-order valence-corrected chi connectivity index (χ4v) is 4.59. The molecule has 4 rings (SSSR count).